The normalized spacial score (nSPS) is 30.2. The fraction of sp³-hybridized carbons (Fsp3) is 0.450. The quantitative estimate of drug-likeness (QED) is 0.788. The van der Waals surface area contributed by atoms with Crippen LogP contribution in [0.25, 0.3) is 0 Å². The number of nitrogens with zero attached hydrogens (tertiary/aromatic N) is 1. The molecule has 5 heteroatoms. The van der Waals surface area contributed by atoms with Crippen molar-refractivity contribution in [3.63, 3.8) is 0 Å². The molecule has 1 fully saturated rings. The average Bonchev–Trinajstić information content (AvgIpc) is 2.68. The van der Waals surface area contributed by atoms with Gasteiger partial charge in [0.1, 0.15) is 6.23 Å². The molecule has 4 atom stereocenters. The predicted molar refractivity (Wildman–Crippen MR) is 98.8 cm³/mol. The van der Waals surface area contributed by atoms with Crippen molar-refractivity contribution in [1.29, 1.82) is 0 Å². The Hall–Kier alpha value is -2.11. The van der Waals surface area contributed by atoms with Gasteiger partial charge in [0.25, 0.3) is 0 Å². The predicted octanol–water partition coefficient (Wildman–Crippen LogP) is 2.40. The molecule has 1 aliphatic heterocycles. The zero-order chi connectivity index (χ0) is 17.8. The first kappa shape index (κ1) is 17.7. The minimum atomic E-state index is -0.749. The van der Waals surface area contributed by atoms with Gasteiger partial charge in [-0.25, -0.2) is 4.79 Å². The van der Waals surface area contributed by atoms with Crippen molar-refractivity contribution < 1.29 is 9.90 Å². The van der Waals surface area contributed by atoms with Gasteiger partial charge in [-0.2, -0.15) is 0 Å². The fourth-order valence-electron chi connectivity index (χ4n) is 3.56. The Kier molecular flexibility index (Phi) is 5.56. The van der Waals surface area contributed by atoms with Gasteiger partial charge < -0.3 is 15.7 Å². The van der Waals surface area contributed by atoms with E-state index < -0.39 is 6.23 Å². The third-order valence-corrected chi connectivity index (χ3v) is 4.99. The Bertz CT molecular complexity index is 656. The highest BCUT2D eigenvalue weighted by molar-refractivity contribution is 5.75. The van der Waals surface area contributed by atoms with Crippen LogP contribution < -0.4 is 10.6 Å². The van der Waals surface area contributed by atoms with Gasteiger partial charge in [0.05, 0.1) is 12.2 Å². The highest BCUT2D eigenvalue weighted by Gasteiger charge is 2.34. The molecule has 0 aromatic heterocycles. The van der Waals surface area contributed by atoms with Crippen LogP contribution in [0.15, 0.2) is 54.1 Å². The van der Waals surface area contributed by atoms with Crippen LogP contribution in [0.3, 0.4) is 0 Å². The second kappa shape index (κ2) is 7.85. The van der Waals surface area contributed by atoms with Gasteiger partial charge in [-0.05, 0) is 31.4 Å². The number of carbonyl (C=O) groups excluding carboxylic acids is 1. The third kappa shape index (κ3) is 4.50. The molecular formula is C20H27N3O2. The first-order valence-corrected chi connectivity index (χ1v) is 8.90. The molecule has 3 rings (SSSR count). The van der Waals surface area contributed by atoms with E-state index >= 15 is 0 Å². The summed E-state index contributed by atoms with van der Waals surface area (Å²) in [5.74, 6) is 0.515. The number of urea groups is 1. The van der Waals surface area contributed by atoms with E-state index in [0.29, 0.717) is 18.8 Å². The van der Waals surface area contributed by atoms with Gasteiger partial charge in [0.15, 0.2) is 0 Å². The molecule has 134 valence electrons. The highest BCUT2D eigenvalue weighted by atomic mass is 16.3. The van der Waals surface area contributed by atoms with Crippen molar-refractivity contribution in [2.45, 2.75) is 44.6 Å². The number of amides is 2. The average molecular weight is 341 g/mol. The maximum Gasteiger partial charge on any atom is 0.316 e. The molecule has 1 heterocycles. The maximum absolute atomic E-state index is 12.3. The molecule has 2 aliphatic rings. The van der Waals surface area contributed by atoms with E-state index in [4.69, 9.17) is 0 Å². The summed E-state index contributed by atoms with van der Waals surface area (Å²) in [6, 6.07) is 9.34. The number of aliphatic hydroxyl groups excluding tert-OH is 1. The lowest BCUT2D eigenvalue weighted by Gasteiger charge is -2.33. The molecule has 0 radical (unpaired) electrons. The van der Waals surface area contributed by atoms with E-state index in [1.807, 2.05) is 42.3 Å². The second-order valence-corrected chi connectivity index (χ2v) is 7.10. The Morgan fingerprint density at radius 1 is 1.20 bits per heavy atom. The summed E-state index contributed by atoms with van der Waals surface area (Å²) in [5, 5.41) is 16.7. The van der Waals surface area contributed by atoms with Crippen molar-refractivity contribution in [1.82, 2.24) is 15.5 Å². The molecule has 1 aromatic rings. The topological polar surface area (TPSA) is 64.6 Å². The summed E-state index contributed by atoms with van der Waals surface area (Å²) in [6.45, 7) is 2.19. The van der Waals surface area contributed by atoms with Crippen LogP contribution in [0.5, 0.6) is 0 Å². The van der Waals surface area contributed by atoms with Crippen molar-refractivity contribution in [3.8, 4) is 0 Å². The number of likely N-dealkylation sites (N-methyl/N-ethyl adjacent to an activating group) is 1. The lowest BCUT2D eigenvalue weighted by molar-refractivity contribution is -0.0249. The fourth-order valence-corrected chi connectivity index (χ4v) is 3.56. The zero-order valence-electron chi connectivity index (χ0n) is 14.9. The maximum atomic E-state index is 12.3. The molecule has 3 N–H and O–H groups in total. The van der Waals surface area contributed by atoms with Crippen molar-refractivity contribution in [3.05, 3.63) is 59.7 Å². The van der Waals surface area contributed by atoms with Crippen LogP contribution in [0.1, 0.15) is 25.3 Å². The minimum absolute atomic E-state index is 0.222. The van der Waals surface area contributed by atoms with Crippen molar-refractivity contribution in [2.75, 3.05) is 7.05 Å². The zero-order valence-corrected chi connectivity index (χ0v) is 14.9. The van der Waals surface area contributed by atoms with Gasteiger partial charge in [-0.1, -0.05) is 61.1 Å². The number of nitrogens with one attached hydrogen (secondary N) is 2. The summed E-state index contributed by atoms with van der Waals surface area (Å²) in [4.78, 5) is 14.2. The summed E-state index contributed by atoms with van der Waals surface area (Å²) in [6.07, 6.45) is 7.71. The summed E-state index contributed by atoms with van der Waals surface area (Å²) in [5.41, 5.74) is 2.38. The molecule has 25 heavy (non-hydrogen) atoms. The molecule has 4 unspecified atom stereocenters. The molecule has 0 spiro atoms. The summed E-state index contributed by atoms with van der Waals surface area (Å²) >= 11 is 0. The first-order chi connectivity index (χ1) is 12.0. The number of benzene rings is 1. The lowest BCUT2D eigenvalue weighted by atomic mass is 9.93. The SMILES string of the molecule is CC1C=CC=C(CC2NC(=O)NC(Cc3ccccc3)C(O)N2C)C1. The number of hydrogen-bond acceptors (Lipinski definition) is 3. The van der Waals surface area contributed by atoms with Gasteiger partial charge in [-0.3, -0.25) is 4.90 Å². The molecule has 0 saturated carbocycles. The summed E-state index contributed by atoms with van der Waals surface area (Å²) < 4.78 is 0. The van der Waals surface area contributed by atoms with Crippen LogP contribution in [0.4, 0.5) is 4.79 Å². The number of rotatable bonds is 4. The van der Waals surface area contributed by atoms with Crippen molar-refractivity contribution in [2.24, 2.45) is 5.92 Å². The number of aliphatic hydroxyl groups is 1. The van der Waals surface area contributed by atoms with E-state index in [-0.39, 0.29) is 18.2 Å². The molecule has 1 aliphatic carbocycles. The minimum Gasteiger partial charge on any atom is -0.376 e. The van der Waals surface area contributed by atoms with E-state index in [0.717, 1.165) is 12.0 Å². The Labute approximate surface area is 149 Å². The number of carbonyl (C=O) groups is 1. The second-order valence-electron chi connectivity index (χ2n) is 7.10. The monoisotopic (exact) mass is 341 g/mol. The van der Waals surface area contributed by atoms with Crippen LogP contribution in [-0.2, 0) is 6.42 Å². The standard InChI is InChI=1S/C20H27N3O2/c1-14-7-6-10-16(11-14)13-18-22-20(25)21-17(19(24)23(18)2)12-15-8-4-3-5-9-15/h3-10,14,17-19,24H,11-13H2,1-2H3,(H2,21,22,25). The smallest absolute Gasteiger partial charge is 0.316 e. The van der Waals surface area contributed by atoms with E-state index in [9.17, 15) is 9.90 Å². The van der Waals surface area contributed by atoms with E-state index in [1.165, 1.54) is 5.57 Å². The van der Waals surface area contributed by atoms with Crippen LogP contribution >= 0.6 is 0 Å². The van der Waals surface area contributed by atoms with Gasteiger partial charge in [0.2, 0.25) is 0 Å². The molecule has 5 nitrogen and oxygen atoms in total. The Morgan fingerprint density at radius 2 is 1.96 bits per heavy atom. The Balaban J connectivity index is 1.70. The molecule has 0 bridgehead atoms. The van der Waals surface area contributed by atoms with Crippen LogP contribution in [0.2, 0.25) is 0 Å². The third-order valence-electron chi connectivity index (χ3n) is 4.99. The van der Waals surface area contributed by atoms with Crippen molar-refractivity contribution >= 4 is 6.03 Å². The molecule has 1 aromatic carbocycles. The number of hydrogen-bond donors (Lipinski definition) is 3. The molecule has 2 amide bonds. The largest absolute Gasteiger partial charge is 0.376 e. The number of allylic oxidation sites excluding steroid dienone is 3. The lowest BCUT2D eigenvalue weighted by Crippen LogP contribution is -2.50. The molecular weight excluding hydrogens is 314 g/mol. The highest BCUT2D eigenvalue weighted by Crippen LogP contribution is 2.24. The van der Waals surface area contributed by atoms with E-state index in [1.54, 1.807) is 0 Å². The first-order valence-electron chi connectivity index (χ1n) is 8.90. The molecule has 1 saturated heterocycles. The van der Waals surface area contributed by atoms with E-state index in [2.05, 4.69) is 35.8 Å². The van der Waals surface area contributed by atoms with Gasteiger partial charge in [-0.15, -0.1) is 0 Å². The van der Waals surface area contributed by atoms with Crippen LogP contribution in [0, 0.1) is 5.92 Å². The Morgan fingerprint density at radius 3 is 2.68 bits per heavy atom. The van der Waals surface area contributed by atoms with Gasteiger partial charge in [0, 0.05) is 6.42 Å². The van der Waals surface area contributed by atoms with Crippen LogP contribution in [-0.4, -0.2) is 41.5 Å². The summed E-state index contributed by atoms with van der Waals surface area (Å²) in [7, 11) is 1.86. The van der Waals surface area contributed by atoms with Gasteiger partial charge >= 0.3 is 6.03 Å².